The van der Waals surface area contributed by atoms with E-state index in [0.717, 1.165) is 46.1 Å². The standard InChI is InChI=1S/C16H15N5OS/c22-10-13-8-11-7-12(3-4-14(11)18-13)19-20-15-9-17-16(23-15)21-5-1-2-6-21/h3-4,7-10,18H,1-2,5-6H2. The molecule has 7 heteroatoms. The molecule has 0 bridgehead atoms. The third kappa shape index (κ3) is 2.87. The van der Waals surface area contributed by atoms with Crippen LogP contribution in [0.2, 0.25) is 0 Å². The number of aromatic amines is 1. The van der Waals surface area contributed by atoms with E-state index in [2.05, 4.69) is 25.1 Å². The quantitative estimate of drug-likeness (QED) is 0.569. The van der Waals surface area contributed by atoms with Crippen molar-refractivity contribution in [2.75, 3.05) is 18.0 Å². The Kier molecular flexibility index (Phi) is 3.63. The predicted molar refractivity (Wildman–Crippen MR) is 91.4 cm³/mol. The molecule has 0 radical (unpaired) electrons. The van der Waals surface area contributed by atoms with Gasteiger partial charge in [-0.25, -0.2) is 4.98 Å². The van der Waals surface area contributed by atoms with Gasteiger partial charge >= 0.3 is 0 Å². The number of carbonyl (C=O) groups is 1. The molecular formula is C16H15N5OS. The molecule has 4 rings (SSSR count). The lowest BCUT2D eigenvalue weighted by Gasteiger charge is -2.11. The molecule has 3 aromatic rings. The maximum absolute atomic E-state index is 10.8. The summed E-state index contributed by atoms with van der Waals surface area (Å²) in [6.45, 7) is 2.15. The lowest BCUT2D eigenvalue weighted by atomic mass is 10.2. The van der Waals surface area contributed by atoms with Gasteiger partial charge in [-0.15, -0.1) is 10.2 Å². The number of benzene rings is 1. The van der Waals surface area contributed by atoms with Crippen LogP contribution < -0.4 is 4.90 Å². The highest BCUT2D eigenvalue weighted by Gasteiger charge is 2.15. The van der Waals surface area contributed by atoms with Gasteiger partial charge in [-0.2, -0.15) is 0 Å². The summed E-state index contributed by atoms with van der Waals surface area (Å²) in [5, 5.41) is 11.3. The van der Waals surface area contributed by atoms with E-state index in [1.54, 1.807) is 23.6 Å². The van der Waals surface area contributed by atoms with Crippen LogP contribution in [0.25, 0.3) is 10.9 Å². The van der Waals surface area contributed by atoms with Gasteiger partial charge in [0.15, 0.2) is 16.4 Å². The summed E-state index contributed by atoms with van der Waals surface area (Å²) in [7, 11) is 0. The Balaban J connectivity index is 1.54. The fraction of sp³-hybridized carbons (Fsp3) is 0.250. The van der Waals surface area contributed by atoms with E-state index in [4.69, 9.17) is 0 Å². The van der Waals surface area contributed by atoms with Gasteiger partial charge in [0.05, 0.1) is 17.6 Å². The monoisotopic (exact) mass is 325 g/mol. The second-order valence-electron chi connectivity index (χ2n) is 5.49. The van der Waals surface area contributed by atoms with Crippen LogP contribution in [0.1, 0.15) is 23.3 Å². The highest BCUT2D eigenvalue weighted by atomic mass is 32.1. The molecule has 0 atom stereocenters. The number of rotatable bonds is 4. The molecule has 3 heterocycles. The molecule has 1 fully saturated rings. The fourth-order valence-electron chi connectivity index (χ4n) is 2.73. The summed E-state index contributed by atoms with van der Waals surface area (Å²) in [5.74, 6) is 0. The minimum atomic E-state index is 0.562. The second-order valence-corrected chi connectivity index (χ2v) is 6.48. The number of nitrogens with one attached hydrogen (secondary N) is 1. The lowest BCUT2D eigenvalue weighted by Crippen LogP contribution is -2.16. The van der Waals surface area contributed by atoms with Gasteiger partial charge in [0, 0.05) is 24.0 Å². The minimum Gasteiger partial charge on any atom is -0.352 e. The molecule has 0 spiro atoms. The number of carbonyl (C=O) groups excluding carboxylic acids is 1. The number of fused-ring (bicyclic) bond motifs is 1. The maximum Gasteiger partial charge on any atom is 0.187 e. The molecule has 0 aliphatic carbocycles. The Morgan fingerprint density at radius 1 is 1.22 bits per heavy atom. The van der Waals surface area contributed by atoms with Crippen LogP contribution in [0.5, 0.6) is 0 Å². The molecular weight excluding hydrogens is 310 g/mol. The molecule has 116 valence electrons. The first kappa shape index (κ1) is 14.1. The van der Waals surface area contributed by atoms with Gasteiger partial charge in [0.2, 0.25) is 0 Å². The SMILES string of the molecule is O=Cc1cc2cc(N=Nc3cnc(N4CCCC4)s3)ccc2[nH]1. The van der Waals surface area contributed by atoms with Crippen LogP contribution in [0, 0.1) is 0 Å². The summed E-state index contributed by atoms with van der Waals surface area (Å²) in [6, 6.07) is 7.49. The molecule has 0 saturated carbocycles. The molecule has 2 aromatic heterocycles. The van der Waals surface area contributed by atoms with Gasteiger partial charge in [-0.05, 0) is 37.1 Å². The van der Waals surface area contributed by atoms with Crippen molar-refractivity contribution in [1.29, 1.82) is 0 Å². The molecule has 1 aliphatic heterocycles. The average molecular weight is 325 g/mol. The van der Waals surface area contributed by atoms with Gasteiger partial charge in [0.1, 0.15) is 0 Å². The third-order valence-corrected chi connectivity index (χ3v) is 4.82. The zero-order chi connectivity index (χ0) is 15.6. The largest absolute Gasteiger partial charge is 0.352 e. The van der Waals surface area contributed by atoms with Gasteiger partial charge in [0.25, 0.3) is 0 Å². The van der Waals surface area contributed by atoms with E-state index in [0.29, 0.717) is 5.69 Å². The Hall–Kier alpha value is -2.54. The van der Waals surface area contributed by atoms with Crippen molar-refractivity contribution < 1.29 is 4.79 Å². The number of anilines is 1. The number of hydrogen-bond acceptors (Lipinski definition) is 6. The van der Waals surface area contributed by atoms with Crippen molar-refractivity contribution >= 4 is 44.3 Å². The van der Waals surface area contributed by atoms with Crippen LogP contribution in [-0.4, -0.2) is 29.3 Å². The average Bonchev–Trinajstić information content (AvgIpc) is 3.30. The van der Waals surface area contributed by atoms with E-state index >= 15 is 0 Å². The van der Waals surface area contributed by atoms with Crippen molar-refractivity contribution in [2.24, 2.45) is 10.2 Å². The van der Waals surface area contributed by atoms with E-state index < -0.39 is 0 Å². The molecule has 1 aliphatic rings. The summed E-state index contributed by atoms with van der Waals surface area (Å²) in [6.07, 6.45) is 5.03. The Labute approximate surface area is 136 Å². The highest BCUT2D eigenvalue weighted by Crippen LogP contribution is 2.32. The van der Waals surface area contributed by atoms with Crippen molar-refractivity contribution in [1.82, 2.24) is 9.97 Å². The number of aromatic nitrogens is 2. The summed E-state index contributed by atoms with van der Waals surface area (Å²) in [5.41, 5.74) is 2.23. The van der Waals surface area contributed by atoms with Crippen LogP contribution in [0.3, 0.4) is 0 Å². The first-order chi connectivity index (χ1) is 11.3. The lowest BCUT2D eigenvalue weighted by molar-refractivity contribution is 0.112. The van der Waals surface area contributed by atoms with Crippen LogP contribution in [0.4, 0.5) is 15.8 Å². The molecule has 0 amide bonds. The topological polar surface area (TPSA) is 73.7 Å². The summed E-state index contributed by atoms with van der Waals surface area (Å²) in [4.78, 5) is 20.5. The van der Waals surface area contributed by atoms with E-state index in [9.17, 15) is 4.79 Å². The Morgan fingerprint density at radius 3 is 2.91 bits per heavy atom. The van der Waals surface area contributed by atoms with Crippen molar-refractivity contribution in [3.05, 3.63) is 36.2 Å². The van der Waals surface area contributed by atoms with Crippen molar-refractivity contribution in [3.63, 3.8) is 0 Å². The normalized spacial score (nSPS) is 15.0. The molecule has 1 saturated heterocycles. The number of thiazole rings is 1. The summed E-state index contributed by atoms with van der Waals surface area (Å²) < 4.78 is 0. The third-order valence-electron chi connectivity index (χ3n) is 3.87. The number of nitrogens with zero attached hydrogens (tertiary/aromatic N) is 4. The minimum absolute atomic E-state index is 0.562. The smallest absolute Gasteiger partial charge is 0.187 e. The first-order valence-electron chi connectivity index (χ1n) is 7.52. The number of H-pyrrole nitrogens is 1. The Morgan fingerprint density at radius 2 is 2.09 bits per heavy atom. The number of hydrogen-bond donors (Lipinski definition) is 1. The van der Waals surface area contributed by atoms with Crippen LogP contribution in [0.15, 0.2) is 40.7 Å². The van der Waals surface area contributed by atoms with E-state index in [-0.39, 0.29) is 0 Å². The van der Waals surface area contributed by atoms with Crippen molar-refractivity contribution in [3.8, 4) is 0 Å². The Bertz CT molecular complexity index is 876. The summed E-state index contributed by atoms with van der Waals surface area (Å²) >= 11 is 1.56. The van der Waals surface area contributed by atoms with Crippen LogP contribution in [-0.2, 0) is 0 Å². The first-order valence-corrected chi connectivity index (χ1v) is 8.34. The second kappa shape index (κ2) is 5.92. The predicted octanol–water partition coefficient (Wildman–Crippen LogP) is 4.45. The zero-order valence-corrected chi connectivity index (χ0v) is 13.2. The maximum atomic E-state index is 10.8. The molecule has 23 heavy (non-hydrogen) atoms. The molecule has 1 aromatic carbocycles. The van der Waals surface area contributed by atoms with Gasteiger partial charge < -0.3 is 9.88 Å². The zero-order valence-electron chi connectivity index (χ0n) is 12.4. The van der Waals surface area contributed by atoms with Crippen molar-refractivity contribution in [2.45, 2.75) is 12.8 Å². The molecule has 0 unspecified atom stereocenters. The number of azo groups is 1. The van der Waals surface area contributed by atoms with E-state index in [1.807, 2.05) is 18.2 Å². The number of aldehydes is 1. The fourth-order valence-corrected chi connectivity index (χ4v) is 3.52. The van der Waals surface area contributed by atoms with Crippen LogP contribution >= 0.6 is 11.3 Å². The van der Waals surface area contributed by atoms with E-state index in [1.165, 1.54) is 12.8 Å². The molecule has 6 nitrogen and oxygen atoms in total. The highest BCUT2D eigenvalue weighted by molar-refractivity contribution is 7.19. The van der Waals surface area contributed by atoms with Gasteiger partial charge in [-0.3, -0.25) is 4.79 Å². The molecule has 1 N–H and O–H groups in total. The van der Waals surface area contributed by atoms with Gasteiger partial charge in [-0.1, -0.05) is 11.3 Å².